The SMILES string of the molecule is CCOc1ccc(S(=O)(=O)N(C)CC2CC2C)cc1CN. The maximum Gasteiger partial charge on any atom is 0.242 e. The van der Waals surface area contributed by atoms with Crippen molar-refractivity contribution < 1.29 is 13.2 Å². The van der Waals surface area contributed by atoms with E-state index in [1.165, 1.54) is 4.31 Å². The lowest BCUT2D eigenvalue weighted by Gasteiger charge is -2.18. The smallest absolute Gasteiger partial charge is 0.242 e. The maximum atomic E-state index is 12.6. The van der Waals surface area contributed by atoms with Crippen molar-refractivity contribution in [3.05, 3.63) is 23.8 Å². The Bertz CT molecular complexity index is 601. The first-order valence-corrected chi connectivity index (χ1v) is 8.76. The monoisotopic (exact) mass is 312 g/mol. The maximum absolute atomic E-state index is 12.6. The fourth-order valence-electron chi connectivity index (χ4n) is 2.43. The van der Waals surface area contributed by atoms with Gasteiger partial charge in [-0.3, -0.25) is 0 Å². The Kier molecular flexibility index (Phi) is 4.91. The van der Waals surface area contributed by atoms with Gasteiger partial charge < -0.3 is 10.5 Å². The molecule has 2 atom stereocenters. The van der Waals surface area contributed by atoms with Gasteiger partial charge in [0.15, 0.2) is 0 Å². The van der Waals surface area contributed by atoms with Gasteiger partial charge in [0.1, 0.15) is 5.75 Å². The first-order chi connectivity index (χ1) is 9.90. The van der Waals surface area contributed by atoms with Crippen LogP contribution in [0.15, 0.2) is 23.1 Å². The normalized spacial score (nSPS) is 21.6. The van der Waals surface area contributed by atoms with Gasteiger partial charge in [0, 0.05) is 25.7 Å². The van der Waals surface area contributed by atoms with Crippen LogP contribution in [-0.2, 0) is 16.6 Å². The molecule has 5 nitrogen and oxygen atoms in total. The van der Waals surface area contributed by atoms with E-state index in [1.807, 2.05) is 6.92 Å². The molecule has 0 aliphatic heterocycles. The lowest BCUT2D eigenvalue weighted by molar-refractivity contribution is 0.336. The highest BCUT2D eigenvalue weighted by atomic mass is 32.2. The van der Waals surface area contributed by atoms with Gasteiger partial charge in [0.05, 0.1) is 11.5 Å². The van der Waals surface area contributed by atoms with E-state index in [0.717, 1.165) is 6.42 Å². The second-order valence-corrected chi connectivity index (χ2v) is 7.71. The molecule has 0 bridgehead atoms. The first-order valence-electron chi connectivity index (χ1n) is 7.32. The van der Waals surface area contributed by atoms with Gasteiger partial charge in [-0.15, -0.1) is 0 Å². The van der Waals surface area contributed by atoms with Gasteiger partial charge in [0.2, 0.25) is 10.0 Å². The molecule has 0 aromatic heterocycles. The fraction of sp³-hybridized carbons (Fsp3) is 0.600. The number of hydrogen-bond acceptors (Lipinski definition) is 4. The van der Waals surface area contributed by atoms with Crippen LogP contribution >= 0.6 is 0 Å². The lowest BCUT2D eigenvalue weighted by Crippen LogP contribution is -2.29. The zero-order valence-corrected chi connectivity index (χ0v) is 13.7. The van der Waals surface area contributed by atoms with Crippen molar-refractivity contribution in [2.45, 2.75) is 31.7 Å². The molecule has 21 heavy (non-hydrogen) atoms. The fourth-order valence-corrected chi connectivity index (χ4v) is 3.71. The number of nitrogens with two attached hydrogens (primary N) is 1. The van der Waals surface area contributed by atoms with E-state index in [2.05, 4.69) is 6.92 Å². The number of sulfonamides is 1. The molecule has 1 aromatic carbocycles. The summed E-state index contributed by atoms with van der Waals surface area (Å²) in [5, 5.41) is 0. The molecule has 0 amide bonds. The molecule has 1 saturated carbocycles. The highest BCUT2D eigenvalue weighted by Gasteiger charge is 2.36. The van der Waals surface area contributed by atoms with Crippen molar-refractivity contribution in [1.29, 1.82) is 0 Å². The Morgan fingerprint density at radius 2 is 2.10 bits per heavy atom. The molecule has 0 radical (unpaired) electrons. The minimum atomic E-state index is -3.46. The molecule has 1 aliphatic rings. The van der Waals surface area contributed by atoms with Crippen molar-refractivity contribution in [2.75, 3.05) is 20.2 Å². The van der Waals surface area contributed by atoms with Crippen LogP contribution in [0.1, 0.15) is 25.8 Å². The average Bonchev–Trinajstić information content (AvgIpc) is 3.14. The molecule has 6 heteroatoms. The van der Waals surface area contributed by atoms with Gasteiger partial charge in [-0.05, 0) is 43.4 Å². The Morgan fingerprint density at radius 1 is 1.43 bits per heavy atom. The summed E-state index contributed by atoms with van der Waals surface area (Å²) in [6, 6.07) is 4.89. The number of benzene rings is 1. The van der Waals surface area contributed by atoms with Crippen LogP contribution in [0.2, 0.25) is 0 Å². The van der Waals surface area contributed by atoms with Gasteiger partial charge in [-0.25, -0.2) is 12.7 Å². The molecule has 118 valence electrons. The predicted molar refractivity (Wildman–Crippen MR) is 82.6 cm³/mol. The zero-order valence-electron chi connectivity index (χ0n) is 12.9. The van der Waals surface area contributed by atoms with Crippen molar-refractivity contribution in [1.82, 2.24) is 4.31 Å². The molecule has 2 rings (SSSR count). The minimum absolute atomic E-state index is 0.252. The summed E-state index contributed by atoms with van der Waals surface area (Å²) in [6.07, 6.45) is 1.11. The van der Waals surface area contributed by atoms with Crippen LogP contribution in [0, 0.1) is 11.8 Å². The van der Waals surface area contributed by atoms with Crippen LogP contribution in [0.3, 0.4) is 0 Å². The van der Waals surface area contributed by atoms with Gasteiger partial charge in [0.25, 0.3) is 0 Å². The molecule has 1 aliphatic carbocycles. The molecule has 1 fully saturated rings. The standard InChI is InChI=1S/C15H24N2O3S/c1-4-20-15-6-5-14(8-12(15)9-16)21(18,19)17(3)10-13-7-11(13)2/h5-6,8,11,13H,4,7,9-10,16H2,1-3H3. The Labute approximate surface area is 127 Å². The van der Waals surface area contributed by atoms with Gasteiger partial charge >= 0.3 is 0 Å². The molecule has 0 heterocycles. The Balaban J connectivity index is 2.22. The molecule has 2 N–H and O–H groups in total. The van der Waals surface area contributed by atoms with E-state index in [9.17, 15) is 8.42 Å². The second-order valence-electron chi connectivity index (χ2n) is 5.67. The largest absolute Gasteiger partial charge is 0.494 e. The lowest BCUT2D eigenvalue weighted by atomic mass is 10.2. The van der Waals surface area contributed by atoms with Crippen LogP contribution in [-0.4, -0.2) is 32.9 Å². The summed E-state index contributed by atoms with van der Waals surface area (Å²) in [5.74, 6) is 1.77. The summed E-state index contributed by atoms with van der Waals surface area (Å²) in [6.45, 7) is 5.39. The van der Waals surface area contributed by atoms with E-state index in [4.69, 9.17) is 10.5 Å². The summed E-state index contributed by atoms with van der Waals surface area (Å²) in [7, 11) is -1.82. The molecule has 2 unspecified atom stereocenters. The molecular weight excluding hydrogens is 288 g/mol. The zero-order chi connectivity index (χ0) is 15.6. The van der Waals surface area contributed by atoms with Crippen LogP contribution in [0.5, 0.6) is 5.75 Å². The Morgan fingerprint density at radius 3 is 2.62 bits per heavy atom. The summed E-state index contributed by atoms with van der Waals surface area (Å²) < 4.78 is 32.1. The second kappa shape index (κ2) is 6.34. The number of nitrogens with zero attached hydrogens (tertiary/aromatic N) is 1. The van der Waals surface area contributed by atoms with E-state index < -0.39 is 10.0 Å². The third kappa shape index (κ3) is 3.56. The van der Waals surface area contributed by atoms with E-state index in [0.29, 0.717) is 36.3 Å². The van der Waals surface area contributed by atoms with Crippen molar-refractivity contribution >= 4 is 10.0 Å². The van der Waals surface area contributed by atoms with Gasteiger partial charge in [-0.1, -0.05) is 6.92 Å². The van der Waals surface area contributed by atoms with Gasteiger partial charge in [-0.2, -0.15) is 0 Å². The number of hydrogen-bond donors (Lipinski definition) is 1. The van der Waals surface area contributed by atoms with Crippen LogP contribution in [0.25, 0.3) is 0 Å². The predicted octanol–water partition coefficient (Wildman–Crippen LogP) is 1.82. The van der Waals surface area contributed by atoms with Crippen molar-refractivity contribution in [2.24, 2.45) is 17.6 Å². The molecule has 1 aromatic rings. The van der Waals surface area contributed by atoms with Crippen molar-refractivity contribution in [3.8, 4) is 5.75 Å². The third-order valence-electron chi connectivity index (χ3n) is 4.03. The van der Waals surface area contributed by atoms with E-state index >= 15 is 0 Å². The average molecular weight is 312 g/mol. The van der Waals surface area contributed by atoms with Crippen molar-refractivity contribution in [3.63, 3.8) is 0 Å². The number of ether oxygens (including phenoxy) is 1. The van der Waals surface area contributed by atoms with E-state index in [1.54, 1.807) is 25.2 Å². The quantitative estimate of drug-likeness (QED) is 0.833. The van der Waals surface area contributed by atoms with E-state index in [-0.39, 0.29) is 11.4 Å². The highest BCUT2D eigenvalue weighted by Crippen LogP contribution is 2.38. The Hall–Kier alpha value is -1.11. The first kappa shape index (κ1) is 16.3. The van der Waals surface area contributed by atoms with Crippen LogP contribution in [0.4, 0.5) is 0 Å². The summed E-state index contributed by atoms with van der Waals surface area (Å²) in [4.78, 5) is 0.280. The van der Waals surface area contributed by atoms with Crippen LogP contribution < -0.4 is 10.5 Å². The molecular formula is C15H24N2O3S. The number of rotatable bonds is 7. The minimum Gasteiger partial charge on any atom is -0.494 e. The third-order valence-corrected chi connectivity index (χ3v) is 5.85. The molecule has 0 spiro atoms. The topological polar surface area (TPSA) is 72.6 Å². The molecule has 0 saturated heterocycles. The highest BCUT2D eigenvalue weighted by molar-refractivity contribution is 7.89. The summed E-state index contributed by atoms with van der Waals surface area (Å²) in [5.41, 5.74) is 6.40. The summed E-state index contributed by atoms with van der Waals surface area (Å²) >= 11 is 0.